The zero-order chi connectivity index (χ0) is 17.5. The van der Waals surface area contributed by atoms with Gasteiger partial charge in [-0.2, -0.15) is 0 Å². The molecule has 0 amide bonds. The second kappa shape index (κ2) is 13.4. The monoisotopic (exact) mass is 330 g/mol. The third-order valence-electron chi connectivity index (χ3n) is 3.57. The Morgan fingerprint density at radius 3 is 2.38 bits per heavy atom. The minimum atomic E-state index is -0.319. The minimum Gasteiger partial charge on any atom is -0.494 e. The highest BCUT2D eigenvalue weighted by Gasteiger charge is 1.95. The van der Waals surface area contributed by atoms with Crippen LogP contribution in [0.5, 0.6) is 5.75 Å². The molecule has 0 aliphatic heterocycles. The summed E-state index contributed by atoms with van der Waals surface area (Å²) in [5, 5.41) is 0. The van der Waals surface area contributed by atoms with Gasteiger partial charge in [-0.25, -0.2) is 4.79 Å². The van der Waals surface area contributed by atoms with Crippen LogP contribution in [0.4, 0.5) is 0 Å². The highest BCUT2D eigenvalue weighted by Crippen LogP contribution is 2.14. The van der Waals surface area contributed by atoms with E-state index in [1.54, 1.807) is 13.0 Å². The summed E-state index contributed by atoms with van der Waals surface area (Å²) in [6.07, 6.45) is 14.5. The lowest BCUT2D eigenvalue weighted by atomic mass is 10.1. The molecule has 3 heteroatoms. The van der Waals surface area contributed by atoms with Gasteiger partial charge in [0.05, 0.1) is 13.2 Å². The van der Waals surface area contributed by atoms with Gasteiger partial charge in [0.15, 0.2) is 0 Å². The van der Waals surface area contributed by atoms with Crippen molar-refractivity contribution in [3.05, 3.63) is 48.1 Å². The summed E-state index contributed by atoms with van der Waals surface area (Å²) in [4.78, 5) is 11.1. The summed E-state index contributed by atoms with van der Waals surface area (Å²) >= 11 is 0. The lowest BCUT2D eigenvalue weighted by Crippen LogP contribution is -1.98. The van der Waals surface area contributed by atoms with Gasteiger partial charge in [-0.1, -0.05) is 69.4 Å². The molecule has 3 nitrogen and oxygen atoms in total. The summed E-state index contributed by atoms with van der Waals surface area (Å²) < 4.78 is 10.6. The van der Waals surface area contributed by atoms with Gasteiger partial charge in [0, 0.05) is 6.08 Å². The Kier molecular flexibility index (Phi) is 11.2. The molecule has 0 saturated carbocycles. The van der Waals surface area contributed by atoms with E-state index >= 15 is 0 Å². The van der Waals surface area contributed by atoms with E-state index in [1.807, 2.05) is 36.4 Å². The molecule has 0 fully saturated rings. The summed E-state index contributed by atoms with van der Waals surface area (Å²) in [6, 6.07) is 7.97. The predicted octanol–water partition coefficient (Wildman–Crippen LogP) is 5.56. The molecule has 0 N–H and O–H groups in total. The van der Waals surface area contributed by atoms with Crippen molar-refractivity contribution in [2.75, 3.05) is 13.2 Å². The quantitative estimate of drug-likeness (QED) is 0.218. The standard InChI is InChI=1S/C21H30O3/c1-3-5-6-7-8-11-18-24-20-16-14-19(15-17-20)12-9-10-13-21(22)23-4-2/h9-10,12-17H,3-8,11,18H2,1-2H3/b12-9+,13-10+. The van der Waals surface area contributed by atoms with Gasteiger partial charge in [-0.15, -0.1) is 0 Å². The maximum Gasteiger partial charge on any atom is 0.330 e. The summed E-state index contributed by atoms with van der Waals surface area (Å²) in [7, 11) is 0. The molecule has 132 valence electrons. The molecule has 0 atom stereocenters. The van der Waals surface area contributed by atoms with Crippen LogP contribution in [0.1, 0.15) is 57.9 Å². The Bertz CT molecular complexity index is 500. The third kappa shape index (κ3) is 9.88. The van der Waals surface area contributed by atoms with Gasteiger partial charge in [-0.05, 0) is 31.0 Å². The minimum absolute atomic E-state index is 0.319. The Labute approximate surface area is 146 Å². The molecule has 0 unspecified atom stereocenters. The number of unbranched alkanes of at least 4 members (excludes halogenated alkanes) is 5. The largest absolute Gasteiger partial charge is 0.494 e. The van der Waals surface area contributed by atoms with Crippen molar-refractivity contribution in [1.29, 1.82) is 0 Å². The van der Waals surface area contributed by atoms with Gasteiger partial charge < -0.3 is 9.47 Å². The molecular formula is C21H30O3. The highest BCUT2D eigenvalue weighted by molar-refractivity contribution is 5.82. The molecule has 0 spiro atoms. The number of carbonyl (C=O) groups is 1. The normalized spacial score (nSPS) is 11.2. The molecule has 24 heavy (non-hydrogen) atoms. The molecule has 1 aromatic rings. The van der Waals surface area contributed by atoms with E-state index in [4.69, 9.17) is 9.47 Å². The Morgan fingerprint density at radius 1 is 0.958 bits per heavy atom. The maximum absolute atomic E-state index is 11.1. The molecular weight excluding hydrogens is 300 g/mol. The zero-order valence-electron chi connectivity index (χ0n) is 15.0. The fourth-order valence-electron chi connectivity index (χ4n) is 2.24. The van der Waals surface area contributed by atoms with E-state index in [0.717, 1.165) is 24.3 Å². The van der Waals surface area contributed by atoms with Gasteiger partial charge in [0.2, 0.25) is 0 Å². The van der Waals surface area contributed by atoms with Crippen LogP contribution in [0, 0.1) is 0 Å². The first-order chi connectivity index (χ1) is 11.8. The topological polar surface area (TPSA) is 35.5 Å². The molecule has 0 radical (unpaired) electrons. The first-order valence-electron chi connectivity index (χ1n) is 9.00. The number of esters is 1. The molecule has 0 bridgehead atoms. The molecule has 0 aromatic heterocycles. The van der Waals surface area contributed by atoms with Crippen molar-refractivity contribution in [2.24, 2.45) is 0 Å². The van der Waals surface area contributed by atoms with Gasteiger partial charge in [0.25, 0.3) is 0 Å². The molecule has 0 heterocycles. The van der Waals surface area contributed by atoms with E-state index < -0.39 is 0 Å². The van der Waals surface area contributed by atoms with Crippen molar-refractivity contribution in [2.45, 2.75) is 52.4 Å². The number of benzene rings is 1. The van der Waals surface area contributed by atoms with Crippen LogP contribution in [0.2, 0.25) is 0 Å². The Morgan fingerprint density at radius 2 is 1.67 bits per heavy atom. The van der Waals surface area contributed by atoms with Crippen molar-refractivity contribution in [3.63, 3.8) is 0 Å². The number of rotatable bonds is 12. The predicted molar refractivity (Wildman–Crippen MR) is 100 cm³/mol. The van der Waals surface area contributed by atoms with Crippen LogP contribution in [0.3, 0.4) is 0 Å². The van der Waals surface area contributed by atoms with E-state index in [-0.39, 0.29) is 5.97 Å². The van der Waals surface area contributed by atoms with Crippen LogP contribution in [0.15, 0.2) is 42.5 Å². The summed E-state index contributed by atoms with van der Waals surface area (Å²) in [5.41, 5.74) is 1.07. The average molecular weight is 330 g/mol. The zero-order valence-corrected chi connectivity index (χ0v) is 15.0. The molecule has 0 aliphatic rings. The van der Waals surface area contributed by atoms with Crippen molar-refractivity contribution < 1.29 is 14.3 Å². The Balaban J connectivity index is 2.24. The average Bonchev–Trinajstić information content (AvgIpc) is 2.59. The van der Waals surface area contributed by atoms with Gasteiger partial charge >= 0.3 is 5.97 Å². The number of carbonyl (C=O) groups excluding carboxylic acids is 1. The SMILES string of the molecule is CCCCCCCCOc1ccc(/C=C/C=C/C(=O)OCC)cc1. The van der Waals surface area contributed by atoms with Crippen molar-refractivity contribution >= 4 is 12.0 Å². The van der Waals surface area contributed by atoms with Crippen LogP contribution in [-0.4, -0.2) is 19.2 Å². The molecule has 1 aromatic carbocycles. The molecule has 0 saturated heterocycles. The number of allylic oxidation sites excluding steroid dienone is 2. The summed E-state index contributed by atoms with van der Waals surface area (Å²) in [6.45, 7) is 5.20. The van der Waals surface area contributed by atoms with E-state index in [2.05, 4.69) is 6.92 Å². The first kappa shape index (κ1) is 20.0. The van der Waals surface area contributed by atoms with Crippen LogP contribution in [-0.2, 0) is 9.53 Å². The van der Waals surface area contributed by atoms with E-state index in [1.165, 1.54) is 38.2 Å². The van der Waals surface area contributed by atoms with E-state index in [0.29, 0.717) is 6.61 Å². The van der Waals surface area contributed by atoms with Crippen molar-refractivity contribution in [1.82, 2.24) is 0 Å². The second-order valence-corrected chi connectivity index (χ2v) is 5.66. The van der Waals surface area contributed by atoms with Gasteiger partial charge in [0.1, 0.15) is 5.75 Å². The molecule has 1 rings (SSSR count). The number of hydrogen-bond acceptors (Lipinski definition) is 3. The van der Waals surface area contributed by atoms with Crippen molar-refractivity contribution in [3.8, 4) is 5.75 Å². The molecule has 0 aliphatic carbocycles. The van der Waals surface area contributed by atoms with Crippen LogP contribution >= 0.6 is 0 Å². The maximum atomic E-state index is 11.1. The van der Waals surface area contributed by atoms with Gasteiger partial charge in [-0.3, -0.25) is 0 Å². The lowest BCUT2D eigenvalue weighted by Gasteiger charge is -2.06. The fourth-order valence-corrected chi connectivity index (χ4v) is 2.24. The van der Waals surface area contributed by atoms with Crippen LogP contribution < -0.4 is 4.74 Å². The number of hydrogen-bond donors (Lipinski definition) is 0. The first-order valence-corrected chi connectivity index (χ1v) is 9.00. The highest BCUT2D eigenvalue weighted by atomic mass is 16.5. The van der Waals surface area contributed by atoms with Crippen LogP contribution in [0.25, 0.3) is 6.08 Å². The Hall–Kier alpha value is -2.03. The second-order valence-electron chi connectivity index (χ2n) is 5.66. The lowest BCUT2D eigenvalue weighted by molar-refractivity contribution is -0.137. The number of ether oxygens (including phenoxy) is 2. The fraction of sp³-hybridized carbons (Fsp3) is 0.476. The summed E-state index contributed by atoms with van der Waals surface area (Å²) in [5.74, 6) is 0.586. The third-order valence-corrected chi connectivity index (χ3v) is 3.57. The van der Waals surface area contributed by atoms with E-state index in [9.17, 15) is 4.79 Å². The smallest absolute Gasteiger partial charge is 0.330 e.